The number of likely N-dealkylation sites (N-methyl/N-ethyl adjacent to an activating group) is 1. The van der Waals surface area contributed by atoms with Crippen molar-refractivity contribution in [3.8, 4) is 11.5 Å². The molecule has 2 amide bonds. The Balaban J connectivity index is 2.07. The third kappa shape index (κ3) is 7.12. The zero-order chi connectivity index (χ0) is 29.3. The fraction of sp³-hybridized carbons (Fsp3) is 0.333. The smallest absolute Gasteiger partial charge is 0.264 e. The number of para-hydroxylation sites is 1. The van der Waals surface area contributed by atoms with Crippen LogP contribution in [0.2, 0.25) is 0 Å². The lowest BCUT2D eigenvalue weighted by atomic mass is 10.1. The molecule has 0 radical (unpaired) electrons. The Kier molecular flexibility index (Phi) is 10.6. The van der Waals surface area contributed by atoms with Crippen LogP contribution in [0.25, 0.3) is 0 Å². The summed E-state index contributed by atoms with van der Waals surface area (Å²) in [5.74, 6) is -0.181. The lowest BCUT2D eigenvalue weighted by Gasteiger charge is -2.33. The van der Waals surface area contributed by atoms with Crippen LogP contribution in [0.5, 0.6) is 11.5 Å². The predicted octanol–water partition coefficient (Wildman–Crippen LogP) is 4.15. The van der Waals surface area contributed by atoms with Gasteiger partial charge in [-0.15, -0.1) is 0 Å². The van der Waals surface area contributed by atoms with Crippen LogP contribution in [0.15, 0.2) is 77.7 Å². The number of carbonyl (C=O) groups is 2. The highest BCUT2D eigenvalue weighted by Crippen LogP contribution is 2.32. The highest BCUT2D eigenvalue weighted by molar-refractivity contribution is 7.92. The number of methoxy groups -OCH3 is 2. The van der Waals surface area contributed by atoms with Gasteiger partial charge in [0.05, 0.1) is 24.8 Å². The van der Waals surface area contributed by atoms with Crippen molar-refractivity contribution in [3.63, 3.8) is 0 Å². The molecule has 0 aromatic heterocycles. The number of nitrogens with one attached hydrogen (secondary N) is 1. The Morgan fingerprint density at radius 3 is 2.20 bits per heavy atom. The second-order valence-electron chi connectivity index (χ2n) is 9.19. The van der Waals surface area contributed by atoms with Crippen LogP contribution in [0.4, 0.5) is 5.69 Å². The molecule has 214 valence electrons. The lowest BCUT2D eigenvalue weighted by molar-refractivity contribution is -0.140. The monoisotopic (exact) mass is 567 g/mol. The van der Waals surface area contributed by atoms with Gasteiger partial charge in [-0.1, -0.05) is 55.0 Å². The molecular weight excluding hydrogens is 530 g/mol. The molecule has 1 atom stereocenters. The molecule has 0 fully saturated rings. The summed E-state index contributed by atoms with van der Waals surface area (Å²) in [5, 5.41) is 2.80. The lowest BCUT2D eigenvalue weighted by Crippen LogP contribution is -2.52. The third-order valence-electron chi connectivity index (χ3n) is 6.44. The number of rotatable bonds is 13. The van der Waals surface area contributed by atoms with E-state index in [0.717, 1.165) is 15.4 Å². The van der Waals surface area contributed by atoms with Crippen molar-refractivity contribution < 1.29 is 27.5 Å². The van der Waals surface area contributed by atoms with Crippen molar-refractivity contribution in [3.05, 3.63) is 83.9 Å². The maximum absolute atomic E-state index is 14.0. The van der Waals surface area contributed by atoms with Crippen LogP contribution in [-0.2, 0) is 26.2 Å². The molecule has 0 saturated carbocycles. The molecule has 3 rings (SSSR count). The zero-order valence-electron chi connectivity index (χ0n) is 23.6. The molecule has 10 heteroatoms. The van der Waals surface area contributed by atoms with Gasteiger partial charge in [0.2, 0.25) is 11.8 Å². The standard InChI is InChI=1S/C30H37N3O6S/c1-6-26(30(35)31-7-2)32(20-23-13-11-12-22(3)18-23)29(34)21-33(24-14-9-8-10-15-24)40(36,37)25-16-17-27(38-4)28(19-25)39-5/h8-19,26H,6-7,20-21H2,1-5H3,(H,31,35)/t26-/m1/s1. The second-order valence-corrected chi connectivity index (χ2v) is 11.1. The number of nitrogens with zero attached hydrogens (tertiary/aromatic N) is 2. The molecule has 3 aromatic carbocycles. The van der Waals surface area contributed by atoms with Crippen LogP contribution < -0.4 is 19.1 Å². The molecule has 0 aliphatic heterocycles. The fourth-order valence-electron chi connectivity index (χ4n) is 4.45. The van der Waals surface area contributed by atoms with Gasteiger partial charge >= 0.3 is 0 Å². The van der Waals surface area contributed by atoms with Crippen molar-refractivity contribution in [2.75, 3.05) is 31.6 Å². The van der Waals surface area contributed by atoms with Crippen molar-refractivity contribution >= 4 is 27.5 Å². The molecule has 9 nitrogen and oxygen atoms in total. The number of anilines is 1. The van der Waals surface area contributed by atoms with Crippen molar-refractivity contribution in [1.29, 1.82) is 0 Å². The molecule has 0 aliphatic rings. The fourth-order valence-corrected chi connectivity index (χ4v) is 5.88. The van der Waals surface area contributed by atoms with Crippen LogP contribution in [0.1, 0.15) is 31.4 Å². The summed E-state index contributed by atoms with van der Waals surface area (Å²) in [6, 6.07) is 19.6. The first kappa shape index (κ1) is 30.5. The first-order valence-corrected chi connectivity index (χ1v) is 14.5. The first-order valence-electron chi connectivity index (χ1n) is 13.1. The summed E-state index contributed by atoms with van der Waals surface area (Å²) in [6.07, 6.45) is 0.358. The van der Waals surface area contributed by atoms with Gasteiger partial charge in [0.1, 0.15) is 12.6 Å². The number of benzene rings is 3. The van der Waals surface area contributed by atoms with Crippen LogP contribution in [-0.4, -0.2) is 58.5 Å². The summed E-state index contributed by atoms with van der Waals surface area (Å²) in [5.41, 5.74) is 2.16. The van der Waals surface area contributed by atoms with Crippen LogP contribution in [0.3, 0.4) is 0 Å². The molecular formula is C30H37N3O6S. The summed E-state index contributed by atoms with van der Waals surface area (Å²) >= 11 is 0. The van der Waals surface area contributed by atoms with E-state index in [1.807, 2.05) is 45.0 Å². The van der Waals surface area contributed by atoms with Gasteiger partial charge in [-0.05, 0) is 50.1 Å². The second kappa shape index (κ2) is 13.8. The Labute approximate surface area is 236 Å². The van der Waals surface area contributed by atoms with E-state index in [-0.39, 0.29) is 23.1 Å². The summed E-state index contributed by atoms with van der Waals surface area (Å²) in [4.78, 5) is 28.4. The Hall–Kier alpha value is -4.05. The van der Waals surface area contributed by atoms with Gasteiger partial charge in [-0.3, -0.25) is 13.9 Å². The van der Waals surface area contributed by atoms with Crippen molar-refractivity contribution in [1.82, 2.24) is 10.2 Å². The van der Waals surface area contributed by atoms with Gasteiger partial charge < -0.3 is 19.7 Å². The summed E-state index contributed by atoms with van der Waals surface area (Å²) in [7, 11) is -1.35. The molecule has 0 heterocycles. The average molecular weight is 568 g/mol. The molecule has 0 unspecified atom stereocenters. The van der Waals surface area contributed by atoms with Gasteiger partial charge in [-0.25, -0.2) is 8.42 Å². The van der Waals surface area contributed by atoms with Gasteiger partial charge in [0.15, 0.2) is 11.5 Å². The molecule has 0 bridgehead atoms. The Morgan fingerprint density at radius 2 is 1.60 bits per heavy atom. The minimum absolute atomic E-state index is 0.0668. The number of carbonyl (C=O) groups excluding carboxylic acids is 2. The minimum Gasteiger partial charge on any atom is -0.493 e. The molecule has 0 spiro atoms. The number of hydrogen-bond donors (Lipinski definition) is 1. The van der Waals surface area contributed by atoms with Crippen LogP contribution >= 0.6 is 0 Å². The van der Waals surface area contributed by atoms with E-state index in [9.17, 15) is 18.0 Å². The van der Waals surface area contributed by atoms with Crippen LogP contribution in [0, 0.1) is 6.92 Å². The van der Waals surface area contributed by atoms with Crippen molar-refractivity contribution in [2.24, 2.45) is 0 Å². The van der Waals surface area contributed by atoms with Gasteiger partial charge in [0.25, 0.3) is 10.0 Å². The Morgan fingerprint density at radius 1 is 0.900 bits per heavy atom. The van der Waals surface area contributed by atoms with E-state index < -0.39 is 28.5 Å². The molecule has 40 heavy (non-hydrogen) atoms. The minimum atomic E-state index is -4.23. The molecule has 1 N–H and O–H groups in total. The van der Waals surface area contributed by atoms with E-state index in [0.29, 0.717) is 24.4 Å². The van der Waals surface area contributed by atoms with Crippen molar-refractivity contribution in [2.45, 2.75) is 44.7 Å². The SMILES string of the molecule is CCNC(=O)[C@@H](CC)N(Cc1cccc(C)c1)C(=O)CN(c1ccccc1)S(=O)(=O)c1ccc(OC)c(OC)c1. The predicted molar refractivity (Wildman–Crippen MR) is 155 cm³/mol. The highest BCUT2D eigenvalue weighted by atomic mass is 32.2. The normalized spacial score (nSPS) is 11.8. The molecule has 0 aliphatic carbocycles. The van der Waals surface area contributed by atoms with E-state index in [1.165, 1.54) is 37.3 Å². The molecule has 0 saturated heterocycles. The average Bonchev–Trinajstić information content (AvgIpc) is 2.95. The highest BCUT2D eigenvalue weighted by Gasteiger charge is 2.34. The van der Waals surface area contributed by atoms with E-state index in [4.69, 9.17) is 9.47 Å². The molecule has 3 aromatic rings. The third-order valence-corrected chi connectivity index (χ3v) is 8.21. The van der Waals surface area contributed by atoms with E-state index in [2.05, 4.69) is 5.32 Å². The van der Waals surface area contributed by atoms with E-state index in [1.54, 1.807) is 30.3 Å². The number of aryl methyl sites for hydroxylation is 1. The van der Waals surface area contributed by atoms with Gasteiger partial charge in [0, 0.05) is 19.2 Å². The largest absolute Gasteiger partial charge is 0.493 e. The van der Waals surface area contributed by atoms with E-state index >= 15 is 0 Å². The topological polar surface area (TPSA) is 105 Å². The summed E-state index contributed by atoms with van der Waals surface area (Å²) in [6.45, 7) is 5.63. The maximum atomic E-state index is 14.0. The number of amides is 2. The number of hydrogen-bond acceptors (Lipinski definition) is 6. The summed E-state index contributed by atoms with van der Waals surface area (Å²) < 4.78 is 39.7. The van der Waals surface area contributed by atoms with Gasteiger partial charge in [-0.2, -0.15) is 0 Å². The Bertz CT molecular complexity index is 1410. The zero-order valence-corrected chi connectivity index (χ0v) is 24.4. The number of sulfonamides is 1. The quantitative estimate of drug-likeness (QED) is 0.333. The first-order chi connectivity index (χ1) is 19.2. The number of ether oxygens (including phenoxy) is 2. The maximum Gasteiger partial charge on any atom is 0.264 e.